The van der Waals surface area contributed by atoms with Gasteiger partial charge in [0.15, 0.2) is 10.9 Å². The molecule has 22 heavy (non-hydrogen) atoms. The molecule has 0 N–H and O–H groups in total. The Morgan fingerprint density at radius 1 is 1.36 bits per heavy atom. The number of rotatable bonds is 7. The number of aryl methyl sites for hydroxylation is 1. The first kappa shape index (κ1) is 16.8. The van der Waals surface area contributed by atoms with E-state index in [1.54, 1.807) is 13.1 Å². The first-order valence-corrected chi connectivity index (χ1v) is 8.93. The highest BCUT2D eigenvalue weighted by molar-refractivity contribution is 8.00. The molecular weight excluding hydrogens is 320 g/mol. The van der Waals surface area contributed by atoms with E-state index in [0.717, 1.165) is 16.5 Å². The van der Waals surface area contributed by atoms with Crippen LogP contribution in [0.15, 0.2) is 17.6 Å². The monoisotopic (exact) mass is 338 g/mol. The van der Waals surface area contributed by atoms with Crippen LogP contribution in [0.25, 0.3) is 5.13 Å². The van der Waals surface area contributed by atoms with Crippen LogP contribution >= 0.6 is 23.1 Å². The maximum atomic E-state index is 12.3. The predicted molar refractivity (Wildman–Crippen MR) is 89.2 cm³/mol. The zero-order chi connectivity index (χ0) is 16.1. The smallest absolute Gasteiger partial charge is 0.315 e. The number of thiazole rings is 1. The Morgan fingerprint density at radius 3 is 2.77 bits per heavy atom. The fraction of sp³-hybridized carbons (Fsp3) is 0.400. The molecule has 2 aromatic rings. The van der Waals surface area contributed by atoms with Gasteiger partial charge in [0.05, 0.1) is 18.1 Å². The molecule has 0 bridgehead atoms. The highest BCUT2D eigenvalue weighted by atomic mass is 32.2. The SMILES string of the molecule is CCOC(=O)CSCC(=O)c1cc(C)n(-c2nccs2)c1C. The molecule has 2 rings (SSSR count). The summed E-state index contributed by atoms with van der Waals surface area (Å²) in [6, 6.07) is 1.88. The van der Waals surface area contributed by atoms with Crippen LogP contribution in [0.1, 0.15) is 28.7 Å². The second kappa shape index (κ2) is 7.60. The maximum absolute atomic E-state index is 12.3. The van der Waals surface area contributed by atoms with Crippen molar-refractivity contribution in [3.8, 4) is 5.13 Å². The Hall–Kier alpha value is -1.60. The number of ether oxygens (including phenoxy) is 1. The van der Waals surface area contributed by atoms with Gasteiger partial charge in [0.1, 0.15) is 0 Å². The highest BCUT2D eigenvalue weighted by Gasteiger charge is 2.18. The van der Waals surface area contributed by atoms with Gasteiger partial charge in [-0.15, -0.1) is 23.1 Å². The van der Waals surface area contributed by atoms with Crippen molar-refractivity contribution in [2.45, 2.75) is 20.8 Å². The molecule has 0 fully saturated rings. The van der Waals surface area contributed by atoms with Gasteiger partial charge < -0.3 is 4.74 Å². The van der Waals surface area contributed by atoms with Gasteiger partial charge in [-0.3, -0.25) is 14.2 Å². The summed E-state index contributed by atoms with van der Waals surface area (Å²) in [5, 5.41) is 2.76. The molecule has 7 heteroatoms. The molecule has 0 aliphatic carbocycles. The molecule has 0 saturated heterocycles. The molecule has 2 aromatic heterocycles. The van der Waals surface area contributed by atoms with E-state index >= 15 is 0 Å². The minimum atomic E-state index is -0.284. The van der Waals surface area contributed by atoms with Crippen LogP contribution < -0.4 is 0 Å². The average Bonchev–Trinajstić information content (AvgIpc) is 3.07. The van der Waals surface area contributed by atoms with E-state index < -0.39 is 0 Å². The fourth-order valence-electron chi connectivity index (χ4n) is 2.17. The Labute approximate surface area is 137 Å². The van der Waals surface area contributed by atoms with Crippen LogP contribution in [0.3, 0.4) is 0 Å². The van der Waals surface area contributed by atoms with Crippen LogP contribution in [0.5, 0.6) is 0 Å². The number of carbonyl (C=O) groups excluding carboxylic acids is 2. The van der Waals surface area contributed by atoms with Crippen LogP contribution in [0.4, 0.5) is 0 Å². The Kier molecular flexibility index (Phi) is 5.79. The topological polar surface area (TPSA) is 61.2 Å². The number of carbonyl (C=O) groups is 2. The summed E-state index contributed by atoms with van der Waals surface area (Å²) in [6.07, 6.45) is 1.75. The molecule has 0 amide bonds. The minimum absolute atomic E-state index is 0.0187. The van der Waals surface area contributed by atoms with E-state index in [-0.39, 0.29) is 23.3 Å². The maximum Gasteiger partial charge on any atom is 0.315 e. The van der Waals surface area contributed by atoms with Gasteiger partial charge in [-0.1, -0.05) is 0 Å². The van der Waals surface area contributed by atoms with Crippen molar-refractivity contribution in [3.05, 3.63) is 34.6 Å². The molecule has 0 aliphatic heterocycles. The number of hydrogen-bond acceptors (Lipinski definition) is 6. The van der Waals surface area contributed by atoms with Crippen LogP contribution in [-0.2, 0) is 9.53 Å². The molecule has 118 valence electrons. The average molecular weight is 338 g/mol. The summed E-state index contributed by atoms with van der Waals surface area (Å²) >= 11 is 2.81. The first-order chi connectivity index (χ1) is 10.5. The van der Waals surface area contributed by atoms with Crippen LogP contribution in [0.2, 0.25) is 0 Å². The second-order valence-electron chi connectivity index (χ2n) is 4.66. The van der Waals surface area contributed by atoms with Crippen molar-refractivity contribution in [1.82, 2.24) is 9.55 Å². The number of Topliss-reactive ketones (excluding diaryl/α,β-unsaturated/α-hetero) is 1. The zero-order valence-corrected chi connectivity index (χ0v) is 14.4. The van der Waals surface area contributed by atoms with Gasteiger partial charge in [-0.25, -0.2) is 4.98 Å². The first-order valence-electron chi connectivity index (χ1n) is 6.90. The number of ketones is 1. The van der Waals surface area contributed by atoms with Gasteiger partial charge in [0, 0.05) is 28.5 Å². The van der Waals surface area contributed by atoms with Crippen LogP contribution in [-0.4, -0.2) is 39.4 Å². The largest absolute Gasteiger partial charge is 0.465 e. The fourth-order valence-corrected chi connectivity index (χ4v) is 3.62. The van der Waals surface area contributed by atoms with Gasteiger partial charge in [-0.05, 0) is 26.8 Å². The summed E-state index contributed by atoms with van der Waals surface area (Å²) in [5.74, 6) is 0.199. The lowest BCUT2D eigenvalue weighted by atomic mass is 10.2. The second-order valence-corrected chi connectivity index (χ2v) is 6.51. The predicted octanol–water partition coefficient (Wildman–Crippen LogP) is 3.03. The van der Waals surface area contributed by atoms with E-state index in [4.69, 9.17) is 4.74 Å². The van der Waals surface area contributed by atoms with Crippen molar-refractivity contribution in [1.29, 1.82) is 0 Å². The molecule has 0 atom stereocenters. The highest BCUT2D eigenvalue weighted by Crippen LogP contribution is 2.23. The molecule has 2 heterocycles. The van der Waals surface area contributed by atoms with Crippen molar-refractivity contribution >= 4 is 34.9 Å². The summed E-state index contributed by atoms with van der Waals surface area (Å²) < 4.78 is 6.82. The number of hydrogen-bond donors (Lipinski definition) is 0. The molecule has 0 unspecified atom stereocenters. The van der Waals surface area contributed by atoms with Crippen LogP contribution in [0, 0.1) is 13.8 Å². The van der Waals surface area contributed by atoms with Crippen molar-refractivity contribution in [2.75, 3.05) is 18.1 Å². The van der Waals surface area contributed by atoms with E-state index in [9.17, 15) is 9.59 Å². The molecule has 5 nitrogen and oxygen atoms in total. The number of thioether (sulfide) groups is 1. The Bertz CT molecular complexity index is 663. The molecule has 0 spiro atoms. The van der Waals surface area contributed by atoms with E-state index in [2.05, 4.69) is 4.98 Å². The lowest BCUT2D eigenvalue weighted by Gasteiger charge is -2.05. The van der Waals surface area contributed by atoms with Gasteiger partial charge in [-0.2, -0.15) is 0 Å². The van der Waals surface area contributed by atoms with E-state index in [1.807, 2.05) is 29.9 Å². The van der Waals surface area contributed by atoms with Gasteiger partial charge in [0.2, 0.25) is 0 Å². The standard InChI is InChI=1S/C15H18N2O3S2/c1-4-20-14(19)9-21-8-13(18)12-7-10(2)17(11(12)3)15-16-5-6-22-15/h5-7H,4,8-9H2,1-3H3. The number of esters is 1. The third-order valence-corrected chi connectivity index (χ3v) is 4.76. The molecule has 0 aromatic carbocycles. The summed E-state index contributed by atoms with van der Waals surface area (Å²) in [4.78, 5) is 27.9. The number of aromatic nitrogens is 2. The third kappa shape index (κ3) is 3.78. The summed E-state index contributed by atoms with van der Waals surface area (Å²) in [5.41, 5.74) is 2.55. The minimum Gasteiger partial charge on any atom is -0.465 e. The molecule has 0 radical (unpaired) electrons. The van der Waals surface area contributed by atoms with E-state index in [0.29, 0.717) is 12.2 Å². The lowest BCUT2D eigenvalue weighted by Crippen LogP contribution is -2.10. The molecular formula is C15H18N2O3S2. The van der Waals surface area contributed by atoms with Gasteiger partial charge >= 0.3 is 5.97 Å². The quantitative estimate of drug-likeness (QED) is 0.574. The number of nitrogens with zero attached hydrogens (tertiary/aromatic N) is 2. The summed E-state index contributed by atoms with van der Waals surface area (Å²) in [7, 11) is 0. The lowest BCUT2D eigenvalue weighted by molar-refractivity contribution is -0.139. The Balaban J connectivity index is 2.05. The van der Waals surface area contributed by atoms with Crippen molar-refractivity contribution < 1.29 is 14.3 Å². The third-order valence-electron chi connectivity index (χ3n) is 3.10. The Morgan fingerprint density at radius 2 is 2.14 bits per heavy atom. The van der Waals surface area contributed by atoms with Gasteiger partial charge in [0.25, 0.3) is 0 Å². The van der Waals surface area contributed by atoms with Crippen molar-refractivity contribution in [2.24, 2.45) is 0 Å². The van der Waals surface area contributed by atoms with Crippen molar-refractivity contribution in [3.63, 3.8) is 0 Å². The molecule has 0 aliphatic rings. The normalized spacial score (nSPS) is 10.7. The summed E-state index contributed by atoms with van der Waals surface area (Å²) in [6.45, 7) is 6.00. The zero-order valence-electron chi connectivity index (χ0n) is 12.8. The van der Waals surface area contributed by atoms with E-state index in [1.165, 1.54) is 23.1 Å². The molecule has 0 saturated carbocycles.